The van der Waals surface area contributed by atoms with Crippen LogP contribution in [0.15, 0.2) is 25.0 Å². The fourth-order valence-corrected chi connectivity index (χ4v) is 0.980. The van der Waals surface area contributed by atoms with Gasteiger partial charge in [-0.2, -0.15) is 0 Å². The molecule has 0 aliphatic carbocycles. The summed E-state index contributed by atoms with van der Waals surface area (Å²) in [7, 11) is 0. The molecule has 0 saturated heterocycles. The van der Waals surface area contributed by atoms with Gasteiger partial charge in [-0.05, 0) is 6.07 Å². The summed E-state index contributed by atoms with van der Waals surface area (Å²) in [5.74, 6) is 0. The minimum atomic E-state index is 0.377. The lowest BCUT2D eigenvalue weighted by Gasteiger charge is -2.00. The average molecular weight is 164 g/mol. The van der Waals surface area contributed by atoms with E-state index in [0.29, 0.717) is 4.99 Å². The van der Waals surface area contributed by atoms with Gasteiger partial charge >= 0.3 is 0 Å². The first kappa shape index (κ1) is 7.88. The largest absolute Gasteiger partial charge is 0.389 e. The van der Waals surface area contributed by atoms with Crippen LogP contribution < -0.4 is 5.73 Å². The normalized spacial score (nSPS) is 9.09. The number of pyridine rings is 1. The summed E-state index contributed by atoms with van der Waals surface area (Å²) in [6, 6.07) is 1.78. The minimum absolute atomic E-state index is 0.377. The van der Waals surface area contributed by atoms with E-state index in [0.717, 1.165) is 11.1 Å². The maximum atomic E-state index is 5.45. The van der Waals surface area contributed by atoms with Crippen molar-refractivity contribution in [3.05, 3.63) is 36.2 Å². The van der Waals surface area contributed by atoms with Crippen molar-refractivity contribution >= 4 is 23.3 Å². The first-order chi connectivity index (χ1) is 5.25. The molecule has 56 valence electrons. The number of nitrogens with two attached hydrogens (primary N) is 1. The minimum Gasteiger partial charge on any atom is -0.389 e. The highest BCUT2D eigenvalue weighted by Crippen LogP contribution is 2.07. The van der Waals surface area contributed by atoms with E-state index in [1.165, 1.54) is 0 Å². The molecule has 1 rings (SSSR count). The summed E-state index contributed by atoms with van der Waals surface area (Å²) >= 11 is 4.82. The highest BCUT2D eigenvalue weighted by molar-refractivity contribution is 7.80. The molecule has 0 radical (unpaired) electrons. The van der Waals surface area contributed by atoms with Gasteiger partial charge in [-0.1, -0.05) is 24.9 Å². The molecule has 0 bridgehead atoms. The molecular formula is C8H8N2S. The SMILES string of the molecule is C=Cc1cnccc1C(N)=S. The molecule has 0 amide bonds. The molecule has 2 N–H and O–H groups in total. The van der Waals surface area contributed by atoms with E-state index < -0.39 is 0 Å². The van der Waals surface area contributed by atoms with E-state index in [1.54, 1.807) is 24.5 Å². The Kier molecular flexibility index (Phi) is 2.33. The van der Waals surface area contributed by atoms with Gasteiger partial charge in [0.2, 0.25) is 0 Å². The number of nitrogens with zero attached hydrogens (tertiary/aromatic N) is 1. The van der Waals surface area contributed by atoms with Crippen LogP contribution in [0.4, 0.5) is 0 Å². The fraction of sp³-hybridized carbons (Fsp3) is 0. The van der Waals surface area contributed by atoms with Crippen molar-refractivity contribution in [3.8, 4) is 0 Å². The van der Waals surface area contributed by atoms with Crippen LogP contribution in [0.25, 0.3) is 6.08 Å². The number of aromatic nitrogens is 1. The van der Waals surface area contributed by atoms with Gasteiger partial charge in [0.25, 0.3) is 0 Å². The maximum Gasteiger partial charge on any atom is 0.104 e. The lowest BCUT2D eigenvalue weighted by Crippen LogP contribution is -2.10. The Bertz CT molecular complexity index is 294. The van der Waals surface area contributed by atoms with E-state index in [9.17, 15) is 0 Å². The van der Waals surface area contributed by atoms with Crippen molar-refractivity contribution in [1.29, 1.82) is 0 Å². The third kappa shape index (κ3) is 1.62. The molecule has 0 saturated carbocycles. The van der Waals surface area contributed by atoms with E-state index in [2.05, 4.69) is 11.6 Å². The Labute approximate surface area is 70.8 Å². The molecule has 0 unspecified atom stereocenters. The quantitative estimate of drug-likeness (QED) is 0.671. The second-order valence-corrected chi connectivity index (χ2v) is 2.47. The molecule has 0 aromatic carbocycles. The maximum absolute atomic E-state index is 5.45. The topological polar surface area (TPSA) is 38.9 Å². The first-order valence-corrected chi connectivity index (χ1v) is 3.53. The Balaban J connectivity index is 3.22. The molecule has 0 aliphatic rings. The average Bonchev–Trinajstić information content (AvgIpc) is 2.04. The Morgan fingerprint density at radius 2 is 2.45 bits per heavy atom. The third-order valence-corrected chi connectivity index (χ3v) is 1.56. The summed E-state index contributed by atoms with van der Waals surface area (Å²) in [4.78, 5) is 4.29. The predicted molar refractivity (Wildman–Crippen MR) is 50.2 cm³/mol. The molecular weight excluding hydrogens is 156 g/mol. The second kappa shape index (κ2) is 3.25. The second-order valence-electron chi connectivity index (χ2n) is 2.03. The van der Waals surface area contributed by atoms with Crippen LogP contribution in [-0.4, -0.2) is 9.97 Å². The molecule has 1 aromatic rings. The lowest BCUT2D eigenvalue weighted by molar-refractivity contribution is 1.31. The van der Waals surface area contributed by atoms with Gasteiger partial charge in [-0.25, -0.2) is 0 Å². The van der Waals surface area contributed by atoms with Crippen LogP contribution >= 0.6 is 12.2 Å². The van der Waals surface area contributed by atoms with Gasteiger partial charge in [-0.3, -0.25) is 4.98 Å². The van der Waals surface area contributed by atoms with Gasteiger partial charge in [-0.15, -0.1) is 0 Å². The smallest absolute Gasteiger partial charge is 0.104 e. The van der Waals surface area contributed by atoms with Gasteiger partial charge in [0.15, 0.2) is 0 Å². The Morgan fingerprint density at radius 3 is 2.91 bits per heavy atom. The van der Waals surface area contributed by atoms with Crippen LogP contribution in [0.5, 0.6) is 0 Å². The monoisotopic (exact) mass is 164 g/mol. The molecule has 0 aliphatic heterocycles. The fourth-order valence-electron chi connectivity index (χ4n) is 0.794. The Morgan fingerprint density at radius 1 is 1.73 bits per heavy atom. The highest BCUT2D eigenvalue weighted by atomic mass is 32.1. The lowest BCUT2D eigenvalue weighted by atomic mass is 10.1. The van der Waals surface area contributed by atoms with Crippen molar-refractivity contribution in [2.24, 2.45) is 5.73 Å². The van der Waals surface area contributed by atoms with E-state index in [4.69, 9.17) is 18.0 Å². The standard InChI is InChI=1S/C8H8N2S/c1-2-6-5-10-4-3-7(6)8(9)11/h2-5H,1H2,(H2,9,11). The number of hydrogen-bond donors (Lipinski definition) is 1. The number of rotatable bonds is 2. The zero-order valence-corrected chi connectivity index (χ0v) is 6.77. The number of hydrogen-bond acceptors (Lipinski definition) is 2. The molecule has 1 aromatic heterocycles. The van der Waals surface area contributed by atoms with Crippen LogP contribution in [0, 0.1) is 0 Å². The van der Waals surface area contributed by atoms with Crippen molar-refractivity contribution in [2.45, 2.75) is 0 Å². The molecule has 1 heterocycles. The van der Waals surface area contributed by atoms with Gasteiger partial charge in [0.1, 0.15) is 4.99 Å². The van der Waals surface area contributed by atoms with Gasteiger partial charge in [0.05, 0.1) is 0 Å². The highest BCUT2D eigenvalue weighted by Gasteiger charge is 1.99. The van der Waals surface area contributed by atoms with Gasteiger partial charge < -0.3 is 5.73 Å². The third-order valence-electron chi connectivity index (χ3n) is 1.34. The van der Waals surface area contributed by atoms with Gasteiger partial charge in [0, 0.05) is 23.5 Å². The summed E-state index contributed by atoms with van der Waals surface area (Å²) in [5.41, 5.74) is 7.15. The van der Waals surface area contributed by atoms with Crippen LogP contribution in [0.3, 0.4) is 0 Å². The van der Waals surface area contributed by atoms with E-state index >= 15 is 0 Å². The van der Waals surface area contributed by atoms with Crippen molar-refractivity contribution in [2.75, 3.05) is 0 Å². The molecule has 0 atom stereocenters. The van der Waals surface area contributed by atoms with Crippen LogP contribution in [0.2, 0.25) is 0 Å². The summed E-state index contributed by atoms with van der Waals surface area (Å²) < 4.78 is 0. The molecule has 0 spiro atoms. The van der Waals surface area contributed by atoms with Crippen LogP contribution in [0.1, 0.15) is 11.1 Å². The molecule has 0 fully saturated rings. The van der Waals surface area contributed by atoms with E-state index in [1.807, 2.05) is 0 Å². The zero-order chi connectivity index (χ0) is 8.27. The molecule has 3 heteroatoms. The van der Waals surface area contributed by atoms with Crippen LogP contribution in [-0.2, 0) is 0 Å². The predicted octanol–water partition coefficient (Wildman–Crippen LogP) is 1.36. The molecule has 2 nitrogen and oxygen atoms in total. The summed E-state index contributed by atoms with van der Waals surface area (Å²) in [6.45, 7) is 3.62. The van der Waals surface area contributed by atoms with Crippen molar-refractivity contribution in [1.82, 2.24) is 4.98 Å². The Hall–Kier alpha value is -1.22. The van der Waals surface area contributed by atoms with Crippen molar-refractivity contribution < 1.29 is 0 Å². The zero-order valence-electron chi connectivity index (χ0n) is 5.95. The number of thiocarbonyl (C=S) groups is 1. The first-order valence-electron chi connectivity index (χ1n) is 3.12. The molecule has 11 heavy (non-hydrogen) atoms. The summed E-state index contributed by atoms with van der Waals surface area (Å²) in [5, 5.41) is 0. The van der Waals surface area contributed by atoms with E-state index in [-0.39, 0.29) is 0 Å². The summed E-state index contributed by atoms with van der Waals surface area (Å²) in [6.07, 6.45) is 5.02. The van der Waals surface area contributed by atoms with Crippen molar-refractivity contribution in [3.63, 3.8) is 0 Å².